The Kier molecular flexibility index (Phi) is 1.43. The minimum Gasteiger partial charge on any atom is -0.0587 e. The molecule has 0 saturated heterocycles. The van der Waals surface area contributed by atoms with Crippen LogP contribution < -0.4 is 0 Å². The maximum absolute atomic E-state index is 2.17. The summed E-state index contributed by atoms with van der Waals surface area (Å²) in [5, 5.41) is 0. The zero-order chi connectivity index (χ0) is 6.97. The van der Waals surface area contributed by atoms with Gasteiger partial charge in [-0.2, -0.15) is 0 Å². The number of hydrogen-bond acceptors (Lipinski definition) is 1. The van der Waals surface area contributed by atoms with Crippen LogP contribution in [0.25, 0.3) is 9.40 Å². The molecule has 0 bridgehead atoms. The number of rotatable bonds is 0. The van der Waals surface area contributed by atoms with Crippen molar-refractivity contribution in [3.05, 3.63) is 28.5 Å². The zero-order valence-electron chi connectivity index (χ0n) is 5.63. The lowest BCUT2D eigenvalue weighted by atomic mass is 10.4. The standard InChI is InChI=1S/C8H7S2/c1-6-9-7-4-2-3-5-8(7)10-6/h2-5H,1H3/q+1. The molecule has 0 radical (unpaired) electrons. The monoisotopic (exact) mass is 167 g/mol. The van der Waals surface area contributed by atoms with E-state index in [4.69, 9.17) is 0 Å². The van der Waals surface area contributed by atoms with Crippen molar-refractivity contribution in [2.24, 2.45) is 0 Å². The van der Waals surface area contributed by atoms with Gasteiger partial charge in [-0.25, -0.2) is 0 Å². The van der Waals surface area contributed by atoms with Gasteiger partial charge in [0, 0.05) is 6.92 Å². The summed E-state index contributed by atoms with van der Waals surface area (Å²) >= 11 is 3.74. The molecule has 1 heterocycles. The van der Waals surface area contributed by atoms with Crippen molar-refractivity contribution in [2.75, 3.05) is 0 Å². The van der Waals surface area contributed by atoms with Gasteiger partial charge in [0.1, 0.15) is 0 Å². The predicted octanol–water partition coefficient (Wildman–Crippen LogP) is 3.55. The van der Waals surface area contributed by atoms with E-state index in [0.717, 1.165) is 0 Å². The van der Waals surface area contributed by atoms with Gasteiger partial charge in [-0.15, -0.1) is 0 Å². The molecule has 0 spiro atoms. The van der Waals surface area contributed by atoms with E-state index in [1.54, 1.807) is 0 Å². The molecule has 0 fully saturated rings. The third kappa shape index (κ3) is 0.935. The summed E-state index contributed by atoms with van der Waals surface area (Å²) in [7, 11) is 0. The Morgan fingerprint density at radius 3 is 2.90 bits per heavy atom. The smallest absolute Gasteiger partial charge is 0.0587 e. The first-order valence-corrected chi connectivity index (χ1v) is 4.78. The second-order valence-electron chi connectivity index (χ2n) is 2.14. The lowest BCUT2D eigenvalue weighted by molar-refractivity contribution is 1.77. The van der Waals surface area contributed by atoms with E-state index in [9.17, 15) is 0 Å². The van der Waals surface area contributed by atoms with Crippen molar-refractivity contribution in [2.45, 2.75) is 6.92 Å². The van der Waals surface area contributed by atoms with E-state index in [1.807, 2.05) is 22.7 Å². The molecule has 2 aromatic rings. The molecule has 0 aliphatic rings. The van der Waals surface area contributed by atoms with Crippen LogP contribution in [0.2, 0.25) is 0 Å². The molecule has 10 heavy (non-hydrogen) atoms. The molecule has 0 N–H and O–H groups in total. The normalized spacial score (nSPS) is 10.5. The average molecular weight is 167 g/mol. The second-order valence-corrected chi connectivity index (χ2v) is 4.91. The Morgan fingerprint density at radius 2 is 2.10 bits per heavy atom. The number of fused-ring (bicyclic) bond motifs is 1. The predicted molar refractivity (Wildman–Crippen MR) is 48.8 cm³/mol. The summed E-state index contributed by atoms with van der Waals surface area (Å²) < 4.78 is 4.25. The molecule has 1 aromatic carbocycles. The fraction of sp³-hybridized carbons (Fsp3) is 0.125. The van der Waals surface area contributed by atoms with Gasteiger partial charge < -0.3 is 0 Å². The minimum absolute atomic E-state index is 1.41. The maximum Gasteiger partial charge on any atom is 0.252 e. The number of hydrogen-bond donors (Lipinski definition) is 0. The van der Waals surface area contributed by atoms with E-state index in [0.29, 0.717) is 0 Å². The zero-order valence-corrected chi connectivity index (χ0v) is 7.26. The summed E-state index contributed by atoms with van der Waals surface area (Å²) in [6, 6.07) is 8.52. The molecular formula is C8H7S2+. The van der Waals surface area contributed by atoms with E-state index < -0.39 is 0 Å². The van der Waals surface area contributed by atoms with Gasteiger partial charge in [0.05, 0.1) is 22.7 Å². The average Bonchev–Trinajstić information content (AvgIpc) is 2.27. The molecule has 2 heteroatoms. The van der Waals surface area contributed by atoms with Gasteiger partial charge in [-0.3, -0.25) is 0 Å². The highest BCUT2D eigenvalue weighted by atomic mass is 32.2. The lowest BCUT2D eigenvalue weighted by Gasteiger charge is -1.73. The molecule has 0 aliphatic carbocycles. The van der Waals surface area contributed by atoms with Gasteiger partial charge in [-0.1, -0.05) is 12.1 Å². The molecule has 0 unspecified atom stereocenters. The van der Waals surface area contributed by atoms with E-state index in [1.165, 1.54) is 13.6 Å². The Hall–Kier alpha value is -0.470. The van der Waals surface area contributed by atoms with Gasteiger partial charge in [0.2, 0.25) is 0 Å². The Morgan fingerprint density at radius 1 is 1.30 bits per heavy atom. The molecule has 2 rings (SSSR count). The topological polar surface area (TPSA) is 0 Å². The van der Waals surface area contributed by atoms with Gasteiger partial charge in [0.15, 0.2) is 9.40 Å². The molecule has 0 aliphatic heterocycles. The van der Waals surface area contributed by atoms with Crippen molar-refractivity contribution in [1.82, 2.24) is 0 Å². The molecule has 0 nitrogen and oxygen atoms in total. The Bertz CT molecular complexity index is 316. The summed E-state index contributed by atoms with van der Waals surface area (Å²) in [6.07, 6.45) is 0. The first-order chi connectivity index (χ1) is 4.86. The van der Waals surface area contributed by atoms with Crippen molar-refractivity contribution < 1.29 is 0 Å². The van der Waals surface area contributed by atoms with Crippen LogP contribution in [-0.4, -0.2) is 0 Å². The fourth-order valence-electron chi connectivity index (χ4n) is 0.949. The quantitative estimate of drug-likeness (QED) is 0.526. The molecule has 0 amide bonds. The summed E-state index contributed by atoms with van der Waals surface area (Å²) in [5.41, 5.74) is 0. The second kappa shape index (κ2) is 2.29. The maximum atomic E-state index is 2.17. The highest BCUT2D eigenvalue weighted by Crippen LogP contribution is 2.29. The minimum atomic E-state index is 1.41. The Labute approximate surface area is 67.8 Å². The van der Waals surface area contributed by atoms with Crippen LogP contribution in [0.1, 0.15) is 4.19 Å². The van der Waals surface area contributed by atoms with Crippen LogP contribution in [0, 0.1) is 6.92 Å². The van der Waals surface area contributed by atoms with E-state index in [-0.39, 0.29) is 0 Å². The molecule has 50 valence electrons. The van der Waals surface area contributed by atoms with Crippen LogP contribution >= 0.6 is 22.7 Å². The van der Waals surface area contributed by atoms with Crippen molar-refractivity contribution in [3.63, 3.8) is 0 Å². The number of benzene rings is 1. The summed E-state index contributed by atoms with van der Waals surface area (Å²) in [5.74, 6) is 0. The van der Waals surface area contributed by atoms with Gasteiger partial charge in [0.25, 0.3) is 4.19 Å². The SMILES string of the molecule is Cc1sc2ccccc2[s+]1. The molecular weight excluding hydrogens is 160 g/mol. The van der Waals surface area contributed by atoms with Crippen molar-refractivity contribution in [1.29, 1.82) is 0 Å². The van der Waals surface area contributed by atoms with Crippen LogP contribution in [0.3, 0.4) is 0 Å². The molecule has 0 saturated carbocycles. The van der Waals surface area contributed by atoms with Gasteiger partial charge in [-0.05, 0) is 12.1 Å². The largest absolute Gasteiger partial charge is 0.252 e. The third-order valence-corrected chi connectivity index (χ3v) is 3.71. The Balaban J connectivity index is 2.88. The fourth-order valence-corrected chi connectivity index (χ4v) is 3.15. The van der Waals surface area contributed by atoms with E-state index in [2.05, 4.69) is 31.2 Å². The third-order valence-electron chi connectivity index (χ3n) is 1.36. The first kappa shape index (κ1) is 6.25. The van der Waals surface area contributed by atoms with Crippen LogP contribution in [0.4, 0.5) is 0 Å². The van der Waals surface area contributed by atoms with Crippen LogP contribution in [0.5, 0.6) is 0 Å². The van der Waals surface area contributed by atoms with Crippen LogP contribution in [0.15, 0.2) is 24.3 Å². The van der Waals surface area contributed by atoms with E-state index >= 15 is 0 Å². The van der Waals surface area contributed by atoms with Crippen molar-refractivity contribution >= 4 is 32.1 Å². The van der Waals surface area contributed by atoms with Crippen molar-refractivity contribution in [3.8, 4) is 0 Å². The van der Waals surface area contributed by atoms with Gasteiger partial charge >= 0.3 is 0 Å². The molecule has 1 aromatic heterocycles. The highest BCUT2D eigenvalue weighted by Gasteiger charge is 2.08. The summed E-state index contributed by atoms with van der Waals surface area (Å²) in [6.45, 7) is 2.16. The lowest BCUT2D eigenvalue weighted by Crippen LogP contribution is -1.54. The summed E-state index contributed by atoms with van der Waals surface area (Å²) in [4.78, 5) is 0. The first-order valence-electron chi connectivity index (χ1n) is 3.14. The number of aryl methyl sites for hydroxylation is 1. The van der Waals surface area contributed by atoms with Crippen LogP contribution in [-0.2, 0) is 0 Å². The molecule has 0 atom stereocenters. The highest BCUT2D eigenvalue weighted by molar-refractivity contribution is 7.38.